The molecule has 0 aromatic carbocycles. The molecule has 0 radical (unpaired) electrons. The minimum absolute atomic E-state index is 0.0991. The van der Waals surface area contributed by atoms with Gasteiger partial charge in [-0.3, -0.25) is 9.89 Å². The van der Waals surface area contributed by atoms with Crippen LogP contribution < -0.4 is 5.73 Å². The summed E-state index contributed by atoms with van der Waals surface area (Å²) in [5, 5.41) is 6.27. The monoisotopic (exact) mass is 223 g/mol. The van der Waals surface area contributed by atoms with E-state index < -0.39 is 0 Å². The second-order valence-corrected chi connectivity index (χ2v) is 4.32. The quantitative estimate of drug-likeness (QED) is 0.746. The number of hydrogen-bond donors (Lipinski definition) is 2. The van der Waals surface area contributed by atoms with Gasteiger partial charge in [0.1, 0.15) is 6.33 Å². The number of carbonyl (C=O) groups excluding carboxylic acids is 1. The van der Waals surface area contributed by atoms with Gasteiger partial charge >= 0.3 is 0 Å². The molecule has 0 spiro atoms. The van der Waals surface area contributed by atoms with Crippen molar-refractivity contribution >= 4 is 5.91 Å². The molecular weight excluding hydrogens is 206 g/mol. The molecule has 1 aromatic heterocycles. The fourth-order valence-corrected chi connectivity index (χ4v) is 2.13. The summed E-state index contributed by atoms with van der Waals surface area (Å²) in [5.41, 5.74) is 5.84. The molecule has 0 unspecified atom stereocenters. The van der Waals surface area contributed by atoms with E-state index >= 15 is 0 Å². The zero-order valence-electron chi connectivity index (χ0n) is 9.39. The maximum Gasteiger partial charge on any atom is 0.291 e. The lowest BCUT2D eigenvalue weighted by atomic mass is 9.91. The first kappa shape index (κ1) is 11.1. The van der Waals surface area contributed by atoms with Crippen molar-refractivity contribution in [2.75, 3.05) is 7.05 Å². The molecule has 0 bridgehead atoms. The Hall–Kier alpha value is -1.43. The maximum atomic E-state index is 11.9. The van der Waals surface area contributed by atoms with Crippen molar-refractivity contribution < 1.29 is 4.79 Å². The van der Waals surface area contributed by atoms with Crippen LogP contribution in [0.1, 0.15) is 36.3 Å². The van der Waals surface area contributed by atoms with Gasteiger partial charge in [0.2, 0.25) is 5.82 Å². The predicted octanol–water partition coefficient (Wildman–Crippen LogP) is 0.147. The molecule has 3 N–H and O–H groups in total. The van der Waals surface area contributed by atoms with Gasteiger partial charge in [0.25, 0.3) is 5.91 Å². The second kappa shape index (κ2) is 4.61. The Morgan fingerprint density at radius 3 is 2.75 bits per heavy atom. The molecule has 0 saturated heterocycles. The van der Waals surface area contributed by atoms with Crippen molar-refractivity contribution in [1.82, 2.24) is 20.1 Å². The van der Waals surface area contributed by atoms with Gasteiger partial charge in [-0.25, -0.2) is 4.98 Å². The van der Waals surface area contributed by atoms with Crippen molar-refractivity contribution in [2.45, 2.75) is 37.8 Å². The number of H-pyrrole nitrogens is 1. The van der Waals surface area contributed by atoms with Gasteiger partial charge < -0.3 is 10.6 Å². The van der Waals surface area contributed by atoms with Crippen LogP contribution in [0.15, 0.2) is 6.33 Å². The SMILES string of the molecule is CN(C(=O)c1ncn[nH]1)[C@H]1CC[C@H](N)CC1. The zero-order valence-corrected chi connectivity index (χ0v) is 9.39. The summed E-state index contributed by atoms with van der Waals surface area (Å²) in [6.07, 6.45) is 5.25. The van der Waals surface area contributed by atoms with Crippen molar-refractivity contribution in [3.8, 4) is 0 Å². The van der Waals surface area contributed by atoms with Gasteiger partial charge in [0.15, 0.2) is 0 Å². The molecule has 1 fully saturated rings. The number of carbonyl (C=O) groups is 1. The largest absolute Gasteiger partial charge is 0.336 e. The fourth-order valence-electron chi connectivity index (χ4n) is 2.13. The van der Waals surface area contributed by atoms with Crippen molar-refractivity contribution in [3.63, 3.8) is 0 Å². The number of aromatic nitrogens is 3. The first-order chi connectivity index (χ1) is 7.68. The molecule has 0 atom stereocenters. The van der Waals surface area contributed by atoms with Crippen LogP contribution in [0.3, 0.4) is 0 Å². The van der Waals surface area contributed by atoms with E-state index in [1.165, 1.54) is 6.33 Å². The van der Waals surface area contributed by atoms with Gasteiger partial charge in [-0.1, -0.05) is 0 Å². The number of rotatable bonds is 2. The van der Waals surface area contributed by atoms with Crippen LogP contribution in [0.2, 0.25) is 0 Å². The lowest BCUT2D eigenvalue weighted by molar-refractivity contribution is 0.0678. The Labute approximate surface area is 94.2 Å². The summed E-state index contributed by atoms with van der Waals surface area (Å²) < 4.78 is 0. The molecule has 6 heteroatoms. The molecule has 1 amide bonds. The van der Waals surface area contributed by atoms with Crippen LogP contribution in [0.5, 0.6) is 0 Å². The van der Waals surface area contributed by atoms with E-state index in [9.17, 15) is 4.79 Å². The number of hydrogen-bond acceptors (Lipinski definition) is 4. The molecule has 1 aliphatic rings. The Balaban J connectivity index is 1.97. The van der Waals surface area contributed by atoms with Crippen molar-refractivity contribution in [2.24, 2.45) is 5.73 Å². The van der Waals surface area contributed by atoms with Crippen LogP contribution in [0.4, 0.5) is 0 Å². The van der Waals surface area contributed by atoms with E-state index in [-0.39, 0.29) is 11.9 Å². The molecule has 16 heavy (non-hydrogen) atoms. The molecular formula is C10H17N5O. The Morgan fingerprint density at radius 1 is 1.50 bits per heavy atom. The molecule has 1 aromatic rings. The van der Waals surface area contributed by atoms with Crippen molar-refractivity contribution in [3.05, 3.63) is 12.2 Å². The number of nitrogens with one attached hydrogen (secondary N) is 1. The lowest BCUT2D eigenvalue weighted by Gasteiger charge is -2.32. The molecule has 1 aliphatic carbocycles. The van der Waals surface area contributed by atoms with E-state index in [2.05, 4.69) is 15.2 Å². The summed E-state index contributed by atoms with van der Waals surface area (Å²) in [7, 11) is 1.81. The van der Waals surface area contributed by atoms with E-state index in [1.807, 2.05) is 7.05 Å². The normalized spacial score (nSPS) is 25.4. The number of nitrogens with zero attached hydrogens (tertiary/aromatic N) is 3. The summed E-state index contributed by atoms with van der Waals surface area (Å²) >= 11 is 0. The van der Waals surface area contributed by atoms with Gasteiger partial charge in [0.05, 0.1) is 0 Å². The average Bonchev–Trinajstić information content (AvgIpc) is 2.81. The average molecular weight is 223 g/mol. The molecule has 2 rings (SSSR count). The third-order valence-corrected chi connectivity index (χ3v) is 3.23. The maximum absolute atomic E-state index is 11.9. The lowest BCUT2D eigenvalue weighted by Crippen LogP contribution is -2.42. The summed E-state index contributed by atoms with van der Waals surface area (Å²) in [6.45, 7) is 0. The molecule has 88 valence electrons. The fraction of sp³-hybridized carbons (Fsp3) is 0.700. The predicted molar refractivity (Wildman–Crippen MR) is 58.7 cm³/mol. The second-order valence-electron chi connectivity index (χ2n) is 4.32. The highest BCUT2D eigenvalue weighted by Crippen LogP contribution is 2.21. The minimum Gasteiger partial charge on any atom is -0.336 e. The van der Waals surface area contributed by atoms with Gasteiger partial charge in [-0.05, 0) is 25.7 Å². The molecule has 1 heterocycles. The Bertz CT molecular complexity index is 342. The van der Waals surface area contributed by atoms with Gasteiger partial charge in [-0.15, -0.1) is 0 Å². The first-order valence-electron chi connectivity index (χ1n) is 5.56. The smallest absolute Gasteiger partial charge is 0.291 e. The van der Waals surface area contributed by atoms with Crippen LogP contribution >= 0.6 is 0 Å². The Kier molecular flexibility index (Phi) is 3.19. The highest BCUT2D eigenvalue weighted by Gasteiger charge is 2.26. The van der Waals surface area contributed by atoms with Crippen LogP contribution in [0, 0.1) is 0 Å². The number of aromatic amines is 1. The van der Waals surface area contributed by atoms with Gasteiger partial charge in [0, 0.05) is 19.1 Å². The van der Waals surface area contributed by atoms with E-state index in [0.29, 0.717) is 11.9 Å². The first-order valence-corrected chi connectivity index (χ1v) is 5.56. The van der Waals surface area contributed by atoms with Crippen LogP contribution in [-0.2, 0) is 0 Å². The highest BCUT2D eigenvalue weighted by molar-refractivity contribution is 5.90. The highest BCUT2D eigenvalue weighted by atomic mass is 16.2. The van der Waals surface area contributed by atoms with E-state index in [1.54, 1.807) is 4.90 Å². The zero-order chi connectivity index (χ0) is 11.5. The summed E-state index contributed by atoms with van der Waals surface area (Å²) in [5.74, 6) is 0.204. The number of amides is 1. The minimum atomic E-state index is -0.0991. The summed E-state index contributed by atoms with van der Waals surface area (Å²) in [4.78, 5) is 17.6. The standard InChI is InChI=1S/C10H17N5O/c1-15(8-4-2-7(11)3-5-8)10(16)9-12-6-13-14-9/h6-8H,2-5,11H2,1H3,(H,12,13,14)/t7-,8-. The molecule has 6 nitrogen and oxygen atoms in total. The van der Waals surface area contributed by atoms with Crippen molar-refractivity contribution in [1.29, 1.82) is 0 Å². The molecule has 0 aliphatic heterocycles. The third-order valence-electron chi connectivity index (χ3n) is 3.23. The van der Waals surface area contributed by atoms with E-state index in [0.717, 1.165) is 25.7 Å². The van der Waals surface area contributed by atoms with E-state index in [4.69, 9.17) is 5.73 Å². The topological polar surface area (TPSA) is 87.9 Å². The number of nitrogens with two attached hydrogens (primary N) is 1. The Morgan fingerprint density at radius 2 is 2.19 bits per heavy atom. The summed E-state index contributed by atoms with van der Waals surface area (Å²) in [6, 6.07) is 0.572. The van der Waals surface area contributed by atoms with Crippen LogP contribution in [-0.4, -0.2) is 45.1 Å². The van der Waals surface area contributed by atoms with Crippen LogP contribution in [0.25, 0.3) is 0 Å². The molecule has 1 saturated carbocycles. The van der Waals surface area contributed by atoms with Gasteiger partial charge in [-0.2, -0.15) is 5.10 Å². The third kappa shape index (κ3) is 2.21.